The van der Waals surface area contributed by atoms with Crippen molar-refractivity contribution in [3.8, 4) is 0 Å². The van der Waals surface area contributed by atoms with Crippen molar-refractivity contribution in [3.05, 3.63) is 78.4 Å². The maximum atomic E-state index is 5.32. The largest absolute Gasteiger partial charge is 0.346 e. The van der Waals surface area contributed by atoms with Gasteiger partial charge in [-0.1, -0.05) is 87.2 Å². The first kappa shape index (κ1) is 17.2. The van der Waals surface area contributed by atoms with Gasteiger partial charge in [0, 0.05) is 5.56 Å². The topological polar surface area (TPSA) is 18.5 Å². The van der Waals surface area contributed by atoms with Crippen LogP contribution in [0.15, 0.2) is 67.2 Å². The summed E-state index contributed by atoms with van der Waals surface area (Å²) < 4.78 is 10.6. The number of hydrogen-bond acceptors (Lipinski definition) is 2. The lowest BCUT2D eigenvalue weighted by Gasteiger charge is -2.07. The van der Waals surface area contributed by atoms with E-state index >= 15 is 0 Å². The molecule has 0 radical (unpaired) electrons. The molecule has 2 aromatic carbocycles. The molecule has 1 aliphatic heterocycles. The molecule has 112 valence electrons. The molecule has 1 saturated heterocycles. The third-order valence-corrected chi connectivity index (χ3v) is 2.73. The van der Waals surface area contributed by atoms with Crippen LogP contribution in [-0.2, 0) is 9.47 Å². The summed E-state index contributed by atoms with van der Waals surface area (Å²) >= 11 is 0. The minimum atomic E-state index is -0.129. The van der Waals surface area contributed by atoms with Gasteiger partial charge < -0.3 is 9.47 Å². The van der Waals surface area contributed by atoms with Crippen LogP contribution in [0.1, 0.15) is 31.3 Å². The molecule has 0 atom stereocenters. The smallest absolute Gasteiger partial charge is 0.184 e. The Kier molecular flexibility index (Phi) is 8.85. The van der Waals surface area contributed by atoms with E-state index in [0.717, 1.165) is 5.56 Å². The number of rotatable bonds is 2. The number of ether oxygens (including phenoxy) is 2. The minimum Gasteiger partial charge on any atom is -0.346 e. The molecular weight excluding hydrogens is 260 g/mol. The summed E-state index contributed by atoms with van der Waals surface area (Å²) in [5.41, 5.74) is 2.28. The lowest BCUT2D eigenvalue weighted by atomic mass is 10.2. The van der Waals surface area contributed by atoms with Crippen molar-refractivity contribution >= 4 is 6.08 Å². The fourth-order valence-electron chi connectivity index (χ4n) is 1.75. The molecule has 0 aliphatic carbocycles. The zero-order chi connectivity index (χ0) is 15.3. The van der Waals surface area contributed by atoms with Gasteiger partial charge in [-0.15, -0.1) is 0 Å². The van der Waals surface area contributed by atoms with E-state index in [-0.39, 0.29) is 6.29 Å². The van der Waals surface area contributed by atoms with E-state index in [9.17, 15) is 0 Å². The first-order chi connectivity index (χ1) is 10.4. The lowest BCUT2D eigenvalue weighted by molar-refractivity contribution is -0.0441. The van der Waals surface area contributed by atoms with Crippen LogP contribution in [0, 0.1) is 0 Å². The van der Waals surface area contributed by atoms with Crippen molar-refractivity contribution < 1.29 is 9.47 Å². The second kappa shape index (κ2) is 10.8. The molecule has 1 aliphatic rings. The van der Waals surface area contributed by atoms with E-state index in [2.05, 4.69) is 6.58 Å². The summed E-state index contributed by atoms with van der Waals surface area (Å²) in [4.78, 5) is 0. The zero-order valence-corrected chi connectivity index (χ0v) is 12.9. The highest BCUT2D eigenvalue weighted by Gasteiger charge is 2.16. The molecule has 1 fully saturated rings. The molecule has 0 amide bonds. The fraction of sp³-hybridized carbons (Fsp3) is 0.263. The van der Waals surface area contributed by atoms with Crippen molar-refractivity contribution in [1.82, 2.24) is 0 Å². The Morgan fingerprint density at radius 2 is 1.33 bits per heavy atom. The Morgan fingerprint density at radius 1 is 0.857 bits per heavy atom. The van der Waals surface area contributed by atoms with Crippen molar-refractivity contribution in [2.24, 2.45) is 0 Å². The Hall–Kier alpha value is -1.90. The Balaban J connectivity index is 0.000000196. The lowest BCUT2D eigenvalue weighted by Crippen LogP contribution is -1.96. The van der Waals surface area contributed by atoms with Gasteiger partial charge in [-0.3, -0.25) is 0 Å². The molecule has 3 rings (SSSR count). The standard InChI is InChI=1S/C9H10O2.C8H8.C2H6/c1-2-4-8(5-3-1)9-10-6-7-11-9;1-2-8-6-4-3-5-7-8;1-2/h1-5,9H,6-7H2;2-7H,1H2;1-2H3. The molecule has 2 nitrogen and oxygen atoms in total. The van der Waals surface area contributed by atoms with Crippen LogP contribution >= 0.6 is 0 Å². The number of benzene rings is 2. The summed E-state index contributed by atoms with van der Waals surface area (Å²) in [5, 5.41) is 0. The van der Waals surface area contributed by atoms with Crippen molar-refractivity contribution in [3.63, 3.8) is 0 Å². The third-order valence-electron chi connectivity index (χ3n) is 2.73. The molecule has 2 heteroatoms. The van der Waals surface area contributed by atoms with Crippen LogP contribution in [0.25, 0.3) is 6.08 Å². The van der Waals surface area contributed by atoms with Gasteiger partial charge in [0.1, 0.15) is 0 Å². The van der Waals surface area contributed by atoms with E-state index in [1.54, 1.807) is 0 Å². The Morgan fingerprint density at radius 3 is 1.76 bits per heavy atom. The molecular formula is C19H24O2. The van der Waals surface area contributed by atoms with Gasteiger partial charge in [-0.05, 0) is 5.56 Å². The minimum absolute atomic E-state index is 0.129. The van der Waals surface area contributed by atoms with Crippen LogP contribution in [-0.4, -0.2) is 13.2 Å². The first-order valence-corrected chi connectivity index (χ1v) is 7.36. The molecule has 0 unspecified atom stereocenters. The van der Waals surface area contributed by atoms with E-state index in [4.69, 9.17) is 9.47 Å². The first-order valence-electron chi connectivity index (χ1n) is 7.36. The predicted octanol–water partition coefficient (Wildman–Crippen LogP) is 5.09. The van der Waals surface area contributed by atoms with Crippen molar-refractivity contribution in [2.45, 2.75) is 20.1 Å². The highest BCUT2D eigenvalue weighted by atomic mass is 16.7. The van der Waals surface area contributed by atoms with Gasteiger partial charge in [0.05, 0.1) is 13.2 Å². The maximum Gasteiger partial charge on any atom is 0.184 e. The van der Waals surface area contributed by atoms with Crippen molar-refractivity contribution in [2.75, 3.05) is 13.2 Å². The molecule has 21 heavy (non-hydrogen) atoms. The van der Waals surface area contributed by atoms with E-state index in [0.29, 0.717) is 13.2 Å². The van der Waals surface area contributed by atoms with Gasteiger partial charge in [-0.25, -0.2) is 0 Å². The van der Waals surface area contributed by atoms with Gasteiger partial charge in [0.25, 0.3) is 0 Å². The monoisotopic (exact) mass is 284 g/mol. The van der Waals surface area contributed by atoms with Gasteiger partial charge >= 0.3 is 0 Å². The van der Waals surface area contributed by atoms with Crippen LogP contribution < -0.4 is 0 Å². The molecule has 0 bridgehead atoms. The normalized spacial score (nSPS) is 13.4. The maximum absolute atomic E-state index is 5.32. The van der Waals surface area contributed by atoms with Gasteiger partial charge in [0.2, 0.25) is 0 Å². The molecule has 0 N–H and O–H groups in total. The summed E-state index contributed by atoms with van der Waals surface area (Å²) in [6.45, 7) is 9.05. The molecule has 0 spiro atoms. The second-order valence-corrected chi connectivity index (χ2v) is 4.10. The van der Waals surface area contributed by atoms with Crippen molar-refractivity contribution in [1.29, 1.82) is 0 Å². The molecule has 0 aromatic heterocycles. The Bertz CT molecular complexity index is 473. The van der Waals surface area contributed by atoms with Gasteiger partial charge in [0.15, 0.2) is 6.29 Å². The van der Waals surface area contributed by atoms with Gasteiger partial charge in [-0.2, -0.15) is 0 Å². The van der Waals surface area contributed by atoms with Crippen LogP contribution in [0.5, 0.6) is 0 Å². The third kappa shape index (κ3) is 6.39. The summed E-state index contributed by atoms with van der Waals surface area (Å²) in [5.74, 6) is 0. The average Bonchev–Trinajstić information content (AvgIpc) is 3.13. The summed E-state index contributed by atoms with van der Waals surface area (Å²) in [7, 11) is 0. The van der Waals surface area contributed by atoms with Crippen LogP contribution in [0.4, 0.5) is 0 Å². The average molecular weight is 284 g/mol. The molecule has 2 aromatic rings. The van der Waals surface area contributed by atoms with E-state index < -0.39 is 0 Å². The highest BCUT2D eigenvalue weighted by Crippen LogP contribution is 2.22. The molecule has 0 saturated carbocycles. The second-order valence-electron chi connectivity index (χ2n) is 4.10. The number of hydrogen-bond donors (Lipinski definition) is 0. The molecule has 1 heterocycles. The summed E-state index contributed by atoms with van der Waals surface area (Å²) in [6, 6.07) is 20.0. The Labute approximate surface area is 128 Å². The van der Waals surface area contributed by atoms with E-state index in [1.165, 1.54) is 5.56 Å². The zero-order valence-electron chi connectivity index (χ0n) is 12.9. The summed E-state index contributed by atoms with van der Waals surface area (Å²) in [6.07, 6.45) is 1.70. The fourth-order valence-corrected chi connectivity index (χ4v) is 1.75. The van der Waals surface area contributed by atoms with Crippen LogP contribution in [0.2, 0.25) is 0 Å². The highest BCUT2D eigenvalue weighted by molar-refractivity contribution is 5.45. The quantitative estimate of drug-likeness (QED) is 0.765. The van der Waals surface area contributed by atoms with Crippen LogP contribution in [0.3, 0.4) is 0 Å². The SMILES string of the molecule is C=Cc1ccccc1.CC.c1ccc(C2OCCO2)cc1. The predicted molar refractivity (Wildman–Crippen MR) is 89.0 cm³/mol. The van der Waals surface area contributed by atoms with E-state index in [1.807, 2.05) is 80.6 Å².